The molecule has 0 unspecified atom stereocenters. The van der Waals surface area contributed by atoms with Crippen molar-refractivity contribution in [2.24, 2.45) is 0 Å². The molecule has 0 bridgehead atoms. The van der Waals surface area contributed by atoms with Crippen molar-refractivity contribution in [2.45, 2.75) is 0 Å². The lowest BCUT2D eigenvalue weighted by molar-refractivity contribution is 0.620. The van der Waals surface area contributed by atoms with Gasteiger partial charge in [-0.05, 0) is 40.2 Å². The van der Waals surface area contributed by atoms with Crippen LogP contribution in [0.15, 0.2) is 39.2 Å². The molecule has 0 amide bonds. The van der Waals surface area contributed by atoms with E-state index in [4.69, 9.17) is 33.4 Å². The van der Waals surface area contributed by atoms with E-state index in [9.17, 15) is 0 Å². The number of nitrogens with two attached hydrogens (primary N) is 1. The van der Waals surface area contributed by atoms with Gasteiger partial charge < -0.3 is 10.2 Å². The molecule has 3 aromatic rings. The lowest BCUT2D eigenvalue weighted by Gasteiger charge is -2.02. The van der Waals surface area contributed by atoms with Gasteiger partial charge in [0.2, 0.25) is 5.89 Å². The number of aromatic nitrogens is 1. The molecule has 0 aliphatic carbocycles. The Morgan fingerprint density at radius 1 is 1.21 bits per heavy atom. The molecule has 19 heavy (non-hydrogen) atoms. The second kappa shape index (κ2) is 4.71. The highest BCUT2D eigenvalue weighted by atomic mass is 79.9. The first-order valence-corrected chi connectivity index (χ1v) is 6.91. The smallest absolute Gasteiger partial charge is 0.229 e. The Balaban J connectivity index is 2.26. The van der Waals surface area contributed by atoms with Crippen LogP contribution in [0.3, 0.4) is 0 Å². The molecule has 0 spiro atoms. The van der Waals surface area contributed by atoms with Crippen LogP contribution in [0.4, 0.5) is 5.69 Å². The van der Waals surface area contributed by atoms with E-state index in [1.165, 1.54) is 0 Å². The van der Waals surface area contributed by atoms with Crippen LogP contribution >= 0.6 is 39.1 Å². The second-order valence-corrected chi connectivity index (χ2v) is 5.65. The third kappa shape index (κ3) is 2.20. The van der Waals surface area contributed by atoms with Crippen molar-refractivity contribution in [1.29, 1.82) is 0 Å². The number of anilines is 1. The van der Waals surface area contributed by atoms with Gasteiger partial charge in [0.1, 0.15) is 5.52 Å². The number of rotatable bonds is 1. The van der Waals surface area contributed by atoms with Gasteiger partial charge in [0.15, 0.2) is 5.58 Å². The third-order valence-electron chi connectivity index (χ3n) is 2.69. The topological polar surface area (TPSA) is 52.0 Å². The van der Waals surface area contributed by atoms with E-state index in [1.807, 2.05) is 18.2 Å². The van der Waals surface area contributed by atoms with Crippen molar-refractivity contribution < 1.29 is 4.42 Å². The van der Waals surface area contributed by atoms with Crippen LogP contribution in [-0.2, 0) is 0 Å². The number of fused-ring (bicyclic) bond motifs is 1. The van der Waals surface area contributed by atoms with E-state index in [0.29, 0.717) is 38.3 Å². The Hall–Kier alpha value is -1.23. The van der Waals surface area contributed by atoms with Crippen molar-refractivity contribution in [3.63, 3.8) is 0 Å². The molecular weight excluding hydrogens is 351 g/mol. The standard InChI is InChI=1S/C13H7BrCl2N2O/c14-8-3-1-2-7(11(8)17)13-18-10-5-6(15)4-9(16)12(10)19-13/h1-5H,17H2. The molecular formula is C13H7BrCl2N2O. The lowest BCUT2D eigenvalue weighted by atomic mass is 10.2. The van der Waals surface area contributed by atoms with Crippen LogP contribution in [0.2, 0.25) is 10.0 Å². The average molecular weight is 358 g/mol. The number of nitrogens with zero attached hydrogens (tertiary/aromatic N) is 1. The summed E-state index contributed by atoms with van der Waals surface area (Å²) in [5, 5.41) is 0.939. The first-order valence-electron chi connectivity index (χ1n) is 5.36. The molecule has 0 fully saturated rings. The summed E-state index contributed by atoms with van der Waals surface area (Å²) in [5.41, 5.74) is 8.37. The van der Waals surface area contributed by atoms with Gasteiger partial charge in [0.05, 0.1) is 16.3 Å². The number of oxazole rings is 1. The van der Waals surface area contributed by atoms with E-state index in [-0.39, 0.29) is 0 Å². The normalized spacial score (nSPS) is 11.1. The molecule has 1 aromatic heterocycles. The molecule has 0 aliphatic rings. The summed E-state index contributed by atoms with van der Waals surface area (Å²) in [7, 11) is 0. The molecule has 96 valence electrons. The van der Waals surface area contributed by atoms with E-state index >= 15 is 0 Å². The summed E-state index contributed by atoms with van der Waals surface area (Å²) in [6.07, 6.45) is 0. The molecule has 0 aliphatic heterocycles. The first-order chi connectivity index (χ1) is 9.06. The zero-order chi connectivity index (χ0) is 13.6. The van der Waals surface area contributed by atoms with Gasteiger partial charge in [-0.2, -0.15) is 0 Å². The van der Waals surface area contributed by atoms with Crippen molar-refractivity contribution >= 4 is 55.9 Å². The number of benzene rings is 2. The summed E-state index contributed by atoms with van der Waals surface area (Å²) in [4.78, 5) is 4.37. The van der Waals surface area contributed by atoms with Gasteiger partial charge in [-0.25, -0.2) is 4.98 Å². The Kier molecular flexibility index (Phi) is 3.17. The molecule has 0 atom stereocenters. The SMILES string of the molecule is Nc1c(Br)cccc1-c1nc2cc(Cl)cc(Cl)c2o1. The Labute approximate surface area is 127 Å². The van der Waals surface area contributed by atoms with Gasteiger partial charge in [-0.3, -0.25) is 0 Å². The average Bonchev–Trinajstić information content (AvgIpc) is 2.76. The highest BCUT2D eigenvalue weighted by molar-refractivity contribution is 9.10. The molecule has 3 nitrogen and oxygen atoms in total. The minimum atomic E-state index is 0.415. The predicted octanol–water partition coefficient (Wildman–Crippen LogP) is 5.15. The fourth-order valence-corrected chi connectivity index (χ4v) is 2.69. The Morgan fingerprint density at radius 3 is 2.79 bits per heavy atom. The molecule has 3 rings (SSSR count). The summed E-state index contributed by atoms with van der Waals surface area (Å²) in [6, 6.07) is 8.86. The van der Waals surface area contributed by atoms with Crippen molar-refractivity contribution in [2.75, 3.05) is 5.73 Å². The Morgan fingerprint density at radius 2 is 2.00 bits per heavy atom. The van der Waals surface area contributed by atoms with Crippen molar-refractivity contribution in [3.8, 4) is 11.5 Å². The second-order valence-electron chi connectivity index (χ2n) is 3.96. The monoisotopic (exact) mass is 356 g/mol. The zero-order valence-electron chi connectivity index (χ0n) is 9.45. The number of hydrogen-bond acceptors (Lipinski definition) is 3. The van der Waals surface area contributed by atoms with Gasteiger partial charge in [-0.1, -0.05) is 29.3 Å². The van der Waals surface area contributed by atoms with E-state index in [0.717, 1.165) is 4.47 Å². The van der Waals surface area contributed by atoms with Gasteiger partial charge in [0.25, 0.3) is 0 Å². The molecule has 1 heterocycles. The minimum Gasteiger partial charge on any atom is -0.434 e. The summed E-state index contributed by atoms with van der Waals surface area (Å²) < 4.78 is 6.46. The van der Waals surface area contributed by atoms with Crippen LogP contribution in [0.5, 0.6) is 0 Å². The first kappa shape index (κ1) is 12.8. The molecule has 2 aromatic carbocycles. The number of para-hydroxylation sites is 1. The summed E-state index contributed by atoms with van der Waals surface area (Å²) in [6.45, 7) is 0. The van der Waals surface area contributed by atoms with Crippen LogP contribution < -0.4 is 5.73 Å². The fraction of sp³-hybridized carbons (Fsp3) is 0. The lowest BCUT2D eigenvalue weighted by Crippen LogP contribution is -1.91. The highest BCUT2D eigenvalue weighted by Crippen LogP contribution is 2.35. The zero-order valence-corrected chi connectivity index (χ0v) is 12.6. The molecule has 2 N–H and O–H groups in total. The number of hydrogen-bond donors (Lipinski definition) is 1. The van der Waals surface area contributed by atoms with E-state index < -0.39 is 0 Å². The van der Waals surface area contributed by atoms with E-state index in [2.05, 4.69) is 20.9 Å². The maximum Gasteiger partial charge on any atom is 0.229 e. The van der Waals surface area contributed by atoms with Gasteiger partial charge in [-0.15, -0.1) is 0 Å². The minimum absolute atomic E-state index is 0.415. The van der Waals surface area contributed by atoms with Crippen LogP contribution in [-0.4, -0.2) is 4.98 Å². The predicted molar refractivity (Wildman–Crippen MR) is 81.6 cm³/mol. The van der Waals surface area contributed by atoms with Crippen molar-refractivity contribution in [1.82, 2.24) is 4.98 Å². The van der Waals surface area contributed by atoms with Crippen LogP contribution in [0.1, 0.15) is 0 Å². The van der Waals surface area contributed by atoms with Crippen LogP contribution in [0.25, 0.3) is 22.6 Å². The highest BCUT2D eigenvalue weighted by Gasteiger charge is 2.15. The number of halogens is 3. The maximum absolute atomic E-state index is 6.08. The Bertz CT molecular complexity index is 786. The summed E-state index contributed by atoms with van der Waals surface area (Å²) >= 11 is 15.4. The fourth-order valence-electron chi connectivity index (χ4n) is 1.80. The van der Waals surface area contributed by atoms with Crippen LogP contribution in [0, 0.1) is 0 Å². The van der Waals surface area contributed by atoms with E-state index in [1.54, 1.807) is 12.1 Å². The summed E-state index contributed by atoms with van der Waals surface area (Å²) in [5.74, 6) is 0.415. The largest absolute Gasteiger partial charge is 0.434 e. The van der Waals surface area contributed by atoms with Gasteiger partial charge >= 0.3 is 0 Å². The quantitative estimate of drug-likeness (QED) is 0.613. The molecule has 0 saturated carbocycles. The molecule has 0 radical (unpaired) electrons. The maximum atomic E-state index is 6.08. The van der Waals surface area contributed by atoms with Crippen molar-refractivity contribution in [3.05, 3.63) is 44.8 Å². The molecule has 6 heteroatoms. The van der Waals surface area contributed by atoms with Gasteiger partial charge in [0, 0.05) is 9.50 Å². The third-order valence-corrected chi connectivity index (χ3v) is 3.88. The molecule has 0 saturated heterocycles. The number of nitrogen functional groups attached to an aromatic ring is 1.